The van der Waals surface area contributed by atoms with Crippen molar-refractivity contribution >= 4 is 5.82 Å². The van der Waals surface area contributed by atoms with Gasteiger partial charge in [0.05, 0.1) is 0 Å². The minimum atomic E-state index is 0.572. The Balaban J connectivity index is 2.36. The van der Waals surface area contributed by atoms with Crippen molar-refractivity contribution in [1.82, 2.24) is 15.3 Å². The van der Waals surface area contributed by atoms with Gasteiger partial charge in [0.15, 0.2) is 0 Å². The summed E-state index contributed by atoms with van der Waals surface area (Å²) in [4.78, 5) is 10.9. The Morgan fingerprint density at radius 3 is 2.87 bits per heavy atom. The van der Waals surface area contributed by atoms with Crippen molar-refractivity contribution in [2.45, 2.75) is 19.3 Å². The van der Waals surface area contributed by atoms with Crippen LogP contribution in [0.1, 0.15) is 23.7 Å². The summed E-state index contributed by atoms with van der Waals surface area (Å²) in [7, 11) is 4.07. The smallest absolute Gasteiger partial charge is 0.135 e. The minimum Gasteiger partial charge on any atom is -0.362 e. The summed E-state index contributed by atoms with van der Waals surface area (Å²) in [6.07, 6.45) is 3.17. The quantitative estimate of drug-likeness (QED) is 0.781. The van der Waals surface area contributed by atoms with Gasteiger partial charge in [0.2, 0.25) is 0 Å². The molecule has 0 aliphatic carbocycles. The molecule has 4 heteroatoms. The lowest BCUT2D eigenvalue weighted by Gasteiger charge is -2.19. The zero-order valence-corrected chi connectivity index (χ0v) is 9.62. The van der Waals surface area contributed by atoms with E-state index >= 15 is 0 Å². The average Bonchev–Trinajstić information content (AvgIpc) is 2.70. The number of hydrogen-bond acceptors (Lipinski definition) is 4. The van der Waals surface area contributed by atoms with Gasteiger partial charge in [-0.2, -0.15) is 0 Å². The standard InChI is InChI=1S/C11H18N4/c1-8-13-7-10(9-4-5-12-6-9)11(14-8)15(2)3/h7,9,12H,4-6H2,1-3H3. The van der Waals surface area contributed by atoms with Crippen LogP contribution in [-0.2, 0) is 0 Å². The van der Waals surface area contributed by atoms with Gasteiger partial charge in [-0.3, -0.25) is 0 Å². The third-order valence-electron chi connectivity index (χ3n) is 2.84. The summed E-state index contributed by atoms with van der Waals surface area (Å²) in [6.45, 7) is 4.09. The van der Waals surface area contributed by atoms with Crippen LogP contribution < -0.4 is 10.2 Å². The second kappa shape index (κ2) is 4.14. The van der Waals surface area contributed by atoms with Crippen LogP contribution in [-0.4, -0.2) is 37.2 Å². The maximum absolute atomic E-state index is 4.50. The van der Waals surface area contributed by atoms with Gasteiger partial charge < -0.3 is 10.2 Å². The second-order valence-corrected chi connectivity index (χ2v) is 4.28. The lowest BCUT2D eigenvalue weighted by atomic mass is 10.0. The van der Waals surface area contributed by atoms with Crippen molar-refractivity contribution in [3.05, 3.63) is 17.6 Å². The summed E-state index contributed by atoms with van der Waals surface area (Å²) >= 11 is 0. The van der Waals surface area contributed by atoms with Crippen LogP contribution in [0, 0.1) is 6.92 Å². The zero-order chi connectivity index (χ0) is 10.8. The van der Waals surface area contributed by atoms with Crippen molar-refractivity contribution in [3.63, 3.8) is 0 Å². The molecule has 0 bridgehead atoms. The SMILES string of the molecule is Cc1ncc(C2CCNC2)c(N(C)C)n1. The van der Waals surface area contributed by atoms with Crippen molar-refractivity contribution in [2.24, 2.45) is 0 Å². The number of aromatic nitrogens is 2. The van der Waals surface area contributed by atoms with Crippen LogP contribution in [0.25, 0.3) is 0 Å². The highest BCUT2D eigenvalue weighted by Gasteiger charge is 2.21. The molecule has 1 aromatic heterocycles. The monoisotopic (exact) mass is 206 g/mol. The van der Waals surface area contributed by atoms with Crippen molar-refractivity contribution in [2.75, 3.05) is 32.1 Å². The molecular formula is C11H18N4. The van der Waals surface area contributed by atoms with E-state index in [1.807, 2.05) is 27.2 Å². The summed E-state index contributed by atoms with van der Waals surface area (Å²) in [5.41, 5.74) is 1.27. The predicted molar refractivity (Wildman–Crippen MR) is 61.3 cm³/mol. The number of nitrogens with zero attached hydrogens (tertiary/aromatic N) is 3. The van der Waals surface area contributed by atoms with Gasteiger partial charge in [-0.05, 0) is 19.9 Å². The molecule has 1 saturated heterocycles. The molecule has 1 unspecified atom stereocenters. The number of rotatable bonds is 2. The lowest BCUT2D eigenvalue weighted by Crippen LogP contribution is -2.17. The molecule has 1 aromatic rings. The molecule has 1 aliphatic rings. The zero-order valence-electron chi connectivity index (χ0n) is 9.62. The Kier molecular flexibility index (Phi) is 2.86. The molecule has 1 N–H and O–H groups in total. The average molecular weight is 206 g/mol. The molecule has 0 aromatic carbocycles. The van der Waals surface area contributed by atoms with Crippen molar-refractivity contribution in [3.8, 4) is 0 Å². The molecule has 0 saturated carbocycles. The molecular weight excluding hydrogens is 188 g/mol. The third kappa shape index (κ3) is 2.09. The molecule has 1 fully saturated rings. The highest BCUT2D eigenvalue weighted by molar-refractivity contribution is 5.47. The predicted octanol–water partition coefficient (Wildman–Crippen LogP) is 0.928. The van der Waals surface area contributed by atoms with E-state index in [0.29, 0.717) is 5.92 Å². The summed E-state index contributed by atoms with van der Waals surface area (Å²) in [5, 5.41) is 3.38. The molecule has 1 aliphatic heterocycles. The molecule has 2 rings (SSSR count). The van der Waals surface area contributed by atoms with E-state index in [4.69, 9.17) is 0 Å². The van der Waals surface area contributed by atoms with Gasteiger partial charge in [-0.1, -0.05) is 0 Å². The van der Waals surface area contributed by atoms with Crippen molar-refractivity contribution < 1.29 is 0 Å². The molecule has 15 heavy (non-hydrogen) atoms. The van der Waals surface area contributed by atoms with Crippen LogP contribution in [0.15, 0.2) is 6.20 Å². The molecule has 2 heterocycles. The first-order valence-electron chi connectivity index (χ1n) is 5.40. The largest absolute Gasteiger partial charge is 0.362 e. The van der Waals surface area contributed by atoms with Crippen LogP contribution >= 0.6 is 0 Å². The molecule has 0 amide bonds. The van der Waals surface area contributed by atoms with E-state index in [1.165, 1.54) is 12.0 Å². The highest BCUT2D eigenvalue weighted by Crippen LogP contribution is 2.28. The number of nitrogens with one attached hydrogen (secondary N) is 1. The van der Waals surface area contributed by atoms with Gasteiger partial charge in [0, 0.05) is 38.3 Å². The summed E-state index contributed by atoms with van der Waals surface area (Å²) in [6, 6.07) is 0. The van der Waals surface area contributed by atoms with Gasteiger partial charge in [-0.15, -0.1) is 0 Å². The van der Waals surface area contributed by atoms with E-state index in [-0.39, 0.29) is 0 Å². The molecule has 1 atom stereocenters. The van der Waals surface area contributed by atoms with Crippen LogP contribution in [0.5, 0.6) is 0 Å². The molecule has 82 valence electrons. The summed E-state index contributed by atoms with van der Waals surface area (Å²) < 4.78 is 0. The topological polar surface area (TPSA) is 41.1 Å². The Labute approximate surface area is 90.7 Å². The van der Waals surface area contributed by atoms with Crippen LogP contribution in [0.2, 0.25) is 0 Å². The van der Waals surface area contributed by atoms with Crippen LogP contribution in [0.4, 0.5) is 5.82 Å². The van der Waals surface area contributed by atoms with Crippen molar-refractivity contribution in [1.29, 1.82) is 0 Å². The Hall–Kier alpha value is -1.16. The lowest BCUT2D eigenvalue weighted by molar-refractivity contribution is 0.745. The van der Waals surface area contributed by atoms with Gasteiger partial charge in [-0.25, -0.2) is 9.97 Å². The minimum absolute atomic E-state index is 0.572. The highest BCUT2D eigenvalue weighted by atomic mass is 15.2. The van der Waals surface area contributed by atoms with E-state index in [2.05, 4.69) is 20.2 Å². The fourth-order valence-corrected chi connectivity index (χ4v) is 2.03. The fourth-order valence-electron chi connectivity index (χ4n) is 2.03. The molecule has 0 radical (unpaired) electrons. The third-order valence-corrected chi connectivity index (χ3v) is 2.84. The Bertz CT molecular complexity index is 342. The van der Waals surface area contributed by atoms with Gasteiger partial charge in [0.25, 0.3) is 0 Å². The first-order valence-corrected chi connectivity index (χ1v) is 5.40. The van der Waals surface area contributed by atoms with E-state index in [1.54, 1.807) is 0 Å². The Morgan fingerprint density at radius 2 is 2.27 bits per heavy atom. The number of aryl methyl sites for hydroxylation is 1. The first-order chi connectivity index (χ1) is 7.18. The fraction of sp³-hybridized carbons (Fsp3) is 0.636. The van der Waals surface area contributed by atoms with Gasteiger partial charge in [0.1, 0.15) is 11.6 Å². The van der Waals surface area contributed by atoms with Crippen LogP contribution in [0.3, 0.4) is 0 Å². The van der Waals surface area contributed by atoms with E-state index in [0.717, 1.165) is 24.7 Å². The van der Waals surface area contributed by atoms with Gasteiger partial charge >= 0.3 is 0 Å². The maximum atomic E-state index is 4.50. The van der Waals surface area contributed by atoms with E-state index < -0.39 is 0 Å². The number of anilines is 1. The normalized spacial score (nSPS) is 20.6. The molecule has 4 nitrogen and oxygen atoms in total. The molecule has 0 spiro atoms. The summed E-state index contributed by atoms with van der Waals surface area (Å²) in [5.74, 6) is 2.48. The Morgan fingerprint density at radius 1 is 1.47 bits per heavy atom. The maximum Gasteiger partial charge on any atom is 0.135 e. The number of hydrogen-bond donors (Lipinski definition) is 1. The second-order valence-electron chi connectivity index (χ2n) is 4.28. The first kappa shape index (κ1) is 10.4. The van der Waals surface area contributed by atoms with E-state index in [9.17, 15) is 0 Å².